The highest BCUT2D eigenvalue weighted by Crippen LogP contribution is 2.14. The Morgan fingerprint density at radius 1 is 1.12 bits per heavy atom. The molecule has 1 aromatic carbocycles. The summed E-state index contributed by atoms with van der Waals surface area (Å²) in [6.07, 6.45) is 2.22. The minimum atomic E-state index is -0.0884. The molecule has 0 fully saturated rings. The van der Waals surface area contributed by atoms with E-state index in [1.807, 2.05) is 44.3 Å². The molecule has 24 heavy (non-hydrogen) atoms. The topological polar surface area (TPSA) is 49.3 Å². The van der Waals surface area contributed by atoms with Crippen LogP contribution in [0.2, 0.25) is 0 Å². The fourth-order valence-electron chi connectivity index (χ4n) is 2.49. The summed E-state index contributed by atoms with van der Waals surface area (Å²) in [5.74, 6) is 1.33. The number of hydrogen-bond acceptors (Lipinski definition) is 4. The van der Waals surface area contributed by atoms with Crippen molar-refractivity contribution < 1.29 is 4.79 Å². The Morgan fingerprint density at radius 3 is 2.50 bits per heavy atom. The van der Waals surface area contributed by atoms with E-state index in [0.29, 0.717) is 18.1 Å². The Labute approximate surface area is 144 Å². The molecule has 0 bridgehead atoms. The Kier molecular flexibility index (Phi) is 6.29. The Hall–Kier alpha value is -2.43. The fourth-order valence-corrected chi connectivity index (χ4v) is 2.49. The summed E-state index contributed by atoms with van der Waals surface area (Å²) in [6.45, 7) is 5.46. The van der Waals surface area contributed by atoms with Crippen LogP contribution in [0.5, 0.6) is 0 Å². The molecule has 2 rings (SSSR count). The first-order chi connectivity index (χ1) is 11.5. The van der Waals surface area contributed by atoms with E-state index in [1.165, 1.54) is 0 Å². The molecule has 0 aliphatic rings. The lowest BCUT2D eigenvalue weighted by atomic mass is 10.2. The van der Waals surface area contributed by atoms with Gasteiger partial charge in [-0.1, -0.05) is 43.7 Å². The Bertz CT molecular complexity index is 672. The van der Waals surface area contributed by atoms with Crippen LogP contribution in [0, 0.1) is 6.92 Å². The van der Waals surface area contributed by atoms with Crippen LogP contribution in [0.15, 0.2) is 36.4 Å². The number of carbonyl (C=O) groups is 1. The van der Waals surface area contributed by atoms with Gasteiger partial charge in [0, 0.05) is 33.3 Å². The second kappa shape index (κ2) is 8.43. The Morgan fingerprint density at radius 2 is 1.83 bits per heavy atom. The highest BCUT2D eigenvalue weighted by Gasteiger charge is 2.16. The zero-order chi connectivity index (χ0) is 17.5. The summed E-state index contributed by atoms with van der Waals surface area (Å²) >= 11 is 0. The minimum Gasteiger partial charge on any atom is -0.360 e. The largest absolute Gasteiger partial charge is 0.360 e. The number of hydrogen-bond donors (Lipinski definition) is 0. The molecule has 0 saturated heterocycles. The molecule has 1 aromatic heterocycles. The summed E-state index contributed by atoms with van der Waals surface area (Å²) in [4.78, 5) is 25.3. The standard InChI is InChI=1S/C19H26N4O/c1-5-6-12-22(3)18-13-17(20-15(2)21-18)19(24)23(4)14-16-10-8-7-9-11-16/h7-11,13H,5-6,12,14H2,1-4H3. The first-order valence-corrected chi connectivity index (χ1v) is 8.37. The molecule has 1 amide bonds. The van der Waals surface area contributed by atoms with Gasteiger partial charge >= 0.3 is 0 Å². The van der Waals surface area contributed by atoms with Crippen LogP contribution in [0.4, 0.5) is 5.82 Å². The number of benzene rings is 1. The summed E-state index contributed by atoms with van der Waals surface area (Å²) < 4.78 is 0. The zero-order valence-corrected chi connectivity index (χ0v) is 15.0. The highest BCUT2D eigenvalue weighted by molar-refractivity contribution is 5.92. The van der Waals surface area contributed by atoms with E-state index < -0.39 is 0 Å². The third kappa shape index (κ3) is 4.78. The van der Waals surface area contributed by atoms with Gasteiger partial charge in [-0.3, -0.25) is 4.79 Å². The molecular weight excluding hydrogens is 300 g/mol. The van der Waals surface area contributed by atoms with Crippen molar-refractivity contribution in [3.63, 3.8) is 0 Å². The van der Waals surface area contributed by atoms with E-state index in [2.05, 4.69) is 21.8 Å². The molecule has 0 saturated carbocycles. The molecule has 5 heteroatoms. The number of carbonyl (C=O) groups excluding carboxylic acids is 1. The Balaban J connectivity index is 2.15. The van der Waals surface area contributed by atoms with Crippen molar-refractivity contribution in [2.75, 3.05) is 25.5 Å². The third-order valence-corrected chi connectivity index (χ3v) is 3.89. The number of rotatable bonds is 7. The number of unbranched alkanes of at least 4 members (excludes halogenated alkanes) is 1. The SMILES string of the molecule is CCCCN(C)c1cc(C(=O)N(C)Cc2ccccc2)nc(C)n1. The zero-order valence-electron chi connectivity index (χ0n) is 15.0. The van der Waals surface area contributed by atoms with Gasteiger partial charge in [-0.2, -0.15) is 0 Å². The predicted molar refractivity (Wildman–Crippen MR) is 97.2 cm³/mol. The average Bonchev–Trinajstić information content (AvgIpc) is 2.59. The lowest BCUT2D eigenvalue weighted by Gasteiger charge is -2.20. The second-order valence-corrected chi connectivity index (χ2v) is 6.08. The number of amides is 1. The summed E-state index contributed by atoms with van der Waals surface area (Å²) in [5.41, 5.74) is 1.54. The van der Waals surface area contributed by atoms with Crippen LogP contribution in [0.3, 0.4) is 0 Å². The summed E-state index contributed by atoms with van der Waals surface area (Å²) in [6, 6.07) is 11.7. The van der Waals surface area contributed by atoms with Crippen molar-refractivity contribution in [3.05, 3.63) is 53.5 Å². The molecule has 2 aromatic rings. The molecule has 1 heterocycles. The van der Waals surface area contributed by atoms with Crippen LogP contribution >= 0.6 is 0 Å². The second-order valence-electron chi connectivity index (χ2n) is 6.08. The lowest BCUT2D eigenvalue weighted by molar-refractivity contribution is 0.0779. The van der Waals surface area contributed by atoms with Crippen LogP contribution in [0.1, 0.15) is 41.6 Å². The number of anilines is 1. The molecule has 0 unspecified atom stereocenters. The van der Waals surface area contributed by atoms with E-state index >= 15 is 0 Å². The van der Waals surface area contributed by atoms with Crippen molar-refractivity contribution in [1.82, 2.24) is 14.9 Å². The molecule has 0 atom stereocenters. The normalized spacial score (nSPS) is 10.5. The average molecular weight is 326 g/mol. The monoisotopic (exact) mass is 326 g/mol. The van der Waals surface area contributed by atoms with E-state index in [9.17, 15) is 4.79 Å². The summed E-state index contributed by atoms with van der Waals surface area (Å²) in [7, 11) is 3.80. The van der Waals surface area contributed by atoms with Crippen LogP contribution in [0.25, 0.3) is 0 Å². The van der Waals surface area contributed by atoms with Gasteiger partial charge in [0.2, 0.25) is 0 Å². The van der Waals surface area contributed by atoms with E-state index in [0.717, 1.165) is 30.8 Å². The van der Waals surface area contributed by atoms with Gasteiger partial charge in [-0.05, 0) is 18.9 Å². The van der Waals surface area contributed by atoms with Gasteiger partial charge in [-0.25, -0.2) is 9.97 Å². The molecule has 0 spiro atoms. The van der Waals surface area contributed by atoms with Gasteiger partial charge in [0.15, 0.2) is 0 Å². The number of aryl methyl sites for hydroxylation is 1. The van der Waals surface area contributed by atoms with E-state index in [1.54, 1.807) is 18.0 Å². The fraction of sp³-hybridized carbons (Fsp3) is 0.421. The first-order valence-electron chi connectivity index (χ1n) is 8.37. The van der Waals surface area contributed by atoms with E-state index in [4.69, 9.17) is 0 Å². The number of nitrogens with zero attached hydrogens (tertiary/aromatic N) is 4. The maximum atomic E-state index is 12.7. The highest BCUT2D eigenvalue weighted by atomic mass is 16.2. The quantitative estimate of drug-likeness (QED) is 0.783. The predicted octanol–water partition coefficient (Wildman–Crippen LogP) is 3.29. The molecule has 0 N–H and O–H groups in total. The van der Waals surface area contributed by atoms with Gasteiger partial charge in [0.25, 0.3) is 5.91 Å². The van der Waals surface area contributed by atoms with E-state index in [-0.39, 0.29) is 5.91 Å². The summed E-state index contributed by atoms with van der Waals surface area (Å²) in [5, 5.41) is 0. The van der Waals surface area contributed by atoms with Crippen molar-refractivity contribution in [2.45, 2.75) is 33.2 Å². The minimum absolute atomic E-state index is 0.0884. The van der Waals surface area contributed by atoms with Crippen molar-refractivity contribution in [1.29, 1.82) is 0 Å². The van der Waals surface area contributed by atoms with Crippen molar-refractivity contribution in [3.8, 4) is 0 Å². The van der Waals surface area contributed by atoms with Crippen molar-refractivity contribution in [2.24, 2.45) is 0 Å². The lowest BCUT2D eigenvalue weighted by Crippen LogP contribution is -2.28. The molecule has 0 aliphatic heterocycles. The van der Waals surface area contributed by atoms with Crippen LogP contribution in [-0.2, 0) is 6.54 Å². The first kappa shape index (κ1) is 17.9. The van der Waals surface area contributed by atoms with Gasteiger partial charge in [0.1, 0.15) is 17.3 Å². The number of aromatic nitrogens is 2. The maximum Gasteiger partial charge on any atom is 0.272 e. The molecule has 0 aliphatic carbocycles. The molecule has 5 nitrogen and oxygen atoms in total. The molecular formula is C19H26N4O. The third-order valence-electron chi connectivity index (χ3n) is 3.89. The van der Waals surface area contributed by atoms with Gasteiger partial charge in [0.05, 0.1) is 0 Å². The smallest absolute Gasteiger partial charge is 0.272 e. The van der Waals surface area contributed by atoms with Gasteiger partial charge in [-0.15, -0.1) is 0 Å². The van der Waals surface area contributed by atoms with Crippen LogP contribution in [-0.4, -0.2) is 41.4 Å². The van der Waals surface area contributed by atoms with Gasteiger partial charge < -0.3 is 9.80 Å². The van der Waals surface area contributed by atoms with Crippen LogP contribution < -0.4 is 4.90 Å². The maximum absolute atomic E-state index is 12.7. The van der Waals surface area contributed by atoms with Crippen molar-refractivity contribution >= 4 is 11.7 Å². The molecule has 128 valence electrons. The molecule has 0 radical (unpaired) electrons.